The molecule has 21 heavy (non-hydrogen) atoms. The standard InChI is InChI=1S/C16H15ClFNO2/c17-15-9-12(18)6-7-14(15)16(21)19-13(10-20)8-11-4-2-1-3-5-11/h1-7,9,13,20H,8,10H2,(H,19,21)/t13-/m1/s1. The van der Waals surface area contributed by atoms with Gasteiger partial charge in [0.15, 0.2) is 0 Å². The van der Waals surface area contributed by atoms with Crippen molar-refractivity contribution in [2.45, 2.75) is 12.5 Å². The first-order chi connectivity index (χ1) is 10.1. The SMILES string of the molecule is O=C(N[C@@H](CO)Cc1ccccc1)c1ccc(F)cc1Cl. The van der Waals surface area contributed by atoms with Gasteiger partial charge in [0.1, 0.15) is 5.82 Å². The van der Waals surface area contributed by atoms with Crippen molar-refractivity contribution in [3.05, 3.63) is 70.5 Å². The molecule has 0 aliphatic heterocycles. The summed E-state index contributed by atoms with van der Waals surface area (Å²) in [4.78, 5) is 12.1. The van der Waals surface area contributed by atoms with Crippen LogP contribution in [0, 0.1) is 5.82 Å². The lowest BCUT2D eigenvalue weighted by Crippen LogP contribution is -2.39. The van der Waals surface area contributed by atoms with Gasteiger partial charge in [-0.25, -0.2) is 4.39 Å². The normalized spacial score (nSPS) is 12.0. The Balaban J connectivity index is 2.06. The molecule has 1 amide bonds. The molecule has 0 bridgehead atoms. The average molecular weight is 308 g/mol. The van der Waals surface area contributed by atoms with Crippen LogP contribution in [-0.2, 0) is 6.42 Å². The smallest absolute Gasteiger partial charge is 0.253 e. The van der Waals surface area contributed by atoms with Gasteiger partial charge in [-0.15, -0.1) is 0 Å². The van der Waals surface area contributed by atoms with Crippen LogP contribution in [0.4, 0.5) is 4.39 Å². The lowest BCUT2D eigenvalue weighted by molar-refractivity contribution is 0.0916. The first kappa shape index (κ1) is 15.5. The molecule has 0 saturated heterocycles. The highest BCUT2D eigenvalue weighted by Crippen LogP contribution is 2.17. The van der Waals surface area contributed by atoms with Gasteiger partial charge in [-0.1, -0.05) is 41.9 Å². The van der Waals surface area contributed by atoms with Crippen LogP contribution < -0.4 is 5.32 Å². The van der Waals surface area contributed by atoms with Gasteiger partial charge in [0.05, 0.1) is 23.2 Å². The third-order valence-electron chi connectivity index (χ3n) is 3.06. The first-order valence-electron chi connectivity index (χ1n) is 6.51. The van der Waals surface area contributed by atoms with E-state index >= 15 is 0 Å². The summed E-state index contributed by atoms with van der Waals surface area (Å²) >= 11 is 5.85. The van der Waals surface area contributed by atoms with Crippen LogP contribution in [-0.4, -0.2) is 23.7 Å². The number of aliphatic hydroxyl groups excluding tert-OH is 1. The fourth-order valence-electron chi connectivity index (χ4n) is 2.00. The zero-order valence-electron chi connectivity index (χ0n) is 11.2. The minimum atomic E-state index is -0.500. The maximum absolute atomic E-state index is 13.0. The van der Waals surface area contributed by atoms with Crippen molar-refractivity contribution in [3.63, 3.8) is 0 Å². The van der Waals surface area contributed by atoms with E-state index in [0.29, 0.717) is 6.42 Å². The molecular formula is C16H15ClFNO2. The van der Waals surface area contributed by atoms with Gasteiger partial charge in [0.2, 0.25) is 0 Å². The second kappa shape index (κ2) is 7.20. The van der Waals surface area contributed by atoms with Crippen LogP contribution in [0.2, 0.25) is 5.02 Å². The zero-order chi connectivity index (χ0) is 15.2. The molecule has 0 aliphatic rings. The molecule has 2 rings (SSSR count). The Kier molecular flexibility index (Phi) is 5.31. The fourth-order valence-corrected chi connectivity index (χ4v) is 2.25. The number of benzene rings is 2. The molecule has 3 nitrogen and oxygen atoms in total. The number of halogens is 2. The van der Waals surface area contributed by atoms with Crippen molar-refractivity contribution in [2.75, 3.05) is 6.61 Å². The summed E-state index contributed by atoms with van der Waals surface area (Å²) in [5, 5.41) is 12.1. The Morgan fingerprint density at radius 3 is 2.57 bits per heavy atom. The van der Waals surface area contributed by atoms with Crippen LogP contribution in [0.1, 0.15) is 15.9 Å². The minimum absolute atomic E-state index is 0.0453. The third-order valence-corrected chi connectivity index (χ3v) is 3.37. The molecule has 2 aromatic carbocycles. The van der Waals surface area contributed by atoms with Gasteiger partial charge < -0.3 is 10.4 Å². The summed E-state index contributed by atoms with van der Waals surface area (Å²) in [6.07, 6.45) is 0.502. The fraction of sp³-hybridized carbons (Fsp3) is 0.188. The highest BCUT2D eigenvalue weighted by molar-refractivity contribution is 6.33. The highest BCUT2D eigenvalue weighted by Gasteiger charge is 2.16. The van der Waals surface area contributed by atoms with E-state index in [4.69, 9.17) is 11.6 Å². The number of hydrogen-bond donors (Lipinski definition) is 2. The molecule has 1 atom stereocenters. The summed E-state index contributed by atoms with van der Waals surface area (Å²) in [5.41, 5.74) is 1.19. The van der Waals surface area contributed by atoms with E-state index in [1.165, 1.54) is 12.1 Å². The van der Waals surface area contributed by atoms with E-state index in [9.17, 15) is 14.3 Å². The first-order valence-corrected chi connectivity index (χ1v) is 6.88. The zero-order valence-corrected chi connectivity index (χ0v) is 12.0. The van der Waals surface area contributed by atoms with Crippen LogP contribution in [0.5, 0.6) is 0 Å². The Morgan fingerprint density at radius 1 is 1.24 bits per heavy atom. The lowest BCUT2D eigenvalue weighted by atomic mass is 10.1. The van der Waals surface area contributed by atoms with E-state index in [1.807, 2.05) is 30.3 Å². The van der Waals surface area contributed by atoms with Crippen molar-refractivity contribution in [1.29, 1.82) is 0 Å². The number of aliphatic hydroxyl groups is 1. The van der Waals surface area contributed by atoms with Gasteiger partial charge in [-0.05, 0) is 30.2 Å². The summed E-state index contributed by atoms with van der Waals surface area (Å²) in [6, 6.07) is 12.7. The summed E-state index contributed by atoms with van der Waals surface area (Å²) in [6.45, 7) is -0.195. The molecule has 2 N–H and O–H groups in total. The molecule has 2 aromatic rings. The Morgan fingerprint density at radius 2 is 1.95 bits per heavy atom. The number of amides is 1. The largest absolute Gasteiger partial charge is 0.394 e. The summed E-state index contributed by atoms with van der Waals surface area (Å²) in [5.74, 6) is -0.936. The number of rotatable bonds is 5. The molecular weight excluding hydrogens is 293 g/mol. The summed E-state index contributed by atoms with van der Waals surface area (Å²) in [7, 11) is 0. The van der Waals surface area contributed by atoms with Gasteiger partial charge in [0, 0.05) is 0 Å². The number of hydrogen-bond acceptors (Lipinski definition) is 2. The van der Waals surface area contributed by atoms with Crippen molar-refractivity contribution in [1.82, 2.24) is 5.32 Å². The molecule has 0 aromatic heterocycles. The van der Waals surface area contributed by atoms with Crippen molar-refractivity contribution < 1.29 is 14.3 Å². The molecule has 0 aliphatic carbocycles. The molecule has 0 spiro atoms. The van der Waals surface area contributed by atoms with Gasteiger partial charge in [-0.2, -0.15) is 0 Å². The average Bonchev–Trinajstić information content (AvgIpc) is 2.47. The van der Waals surface area contributed by atoms with E-state index in [0.717, 1.165) is 11.6 Å². The maximum atomic E-state index is 13.0. The third kappa shape index (κ3) is 4.28. The maximum Gasteiger partial charge on any atom is 0.253 e. The predicted octanol–water partition coefficient (Wildman–Crippen LogP) is 2.81. The minimum Gasteiger partial charge on any atom is -0.394 e. The van der Waals surface area contributed by atoms with Crippen molar-refractivity contribution in [3.8, 4) is 0 Å². The number of carbonyl (C=O) groups excluding carboxylic acids is 1. The second-order valence-corrected chi connectivity index (χ2v) is 5.07. The lowest BCUT2D eigenvalue weighted by Gasteiger charge is -2.17. The topological polar surface area (TPSA) is 49.3 Å². The van der Waals surface area contributed by atoms with Crippen LogP contribution in [0.25, 0.3) is 0 Å². The van der Waals surface area contributed by atoms with E-state index in [1.54, 1.807) is 0 Å². The Hall–Kier alpha value is -1.91. The van der Waals surface area contributed by atoms with Gasteiger partial charge in [0.25, 0.3) is 5.91 Å². The number of nitrogens with one attached hydrogen (secondary N) is 1. The molecule has 0 saturated carbocycles. The molecule has 0 radical (unpaired) electrons. The van der Waals surface area contributed by atoms with Crippen molar-refractivity contribution in [2.24, 2.45) is 0 Å². The summed E-state index contributed by atoms with van der Waals surface area (Å²) < 4.78 is 13.0. The Bertz CT molecular complexity index is 619. The van der Waals surface area contributed by atoms with Crippen LogP contribution >= 0.6 is 11.6 Å². The van der Waals surface area contributed by atoms with E-state index in [-0.39, 0.29) is 17.2 Å². The van der Waals surface area contributed by atoms with E-state index < -0.39 is 17.8 Å². The monoisotopic (exact) mass is 307 g/mol. The van der Waals surface area contributed by atoms with Crippen LogP contribution in [0.3, 0.4) is 0 Å². The van der Waals surface area contributed by atoms with E-state index in [2.05, 4.69) is 5.32 Å². The molecule has 0 unspecified atom stereocenters. The second-order valence-electron chi connectivity index (χ2n) is 4.67. The van der Waals surface area contributed by atoms with Crippen molar-refractivity contribution >= 4 is 17.5 Å². The predicted molar refractivity (Wildman–Crippen MR) is 79.9 cm³/mol. The molecule has 5 heteroatoms. The quantitative estimate of drug-likeness (QED) is 0.892. The Labute approximate surface area is 127 Å². The molecule has 0 fully saturated rings. The van der Waals surface area contributed by atoms with Gasteiger partial charge in [-0.3, -0.25) is 4.79 Å². The molecule has 110 valence electrons. The highest BCUT2D eigenvalue weighted by atomic mass is 35.5. The van der Waals surface area contributed by atoms with Gasteiger partial charge >= 0.3 is 0 Å². The number of carbonyl (C=O) groups is 1. The molecule has 0 heterocycles. The van der Waals surface area contributed by atoms with Crippen LogP contribution in [0.15, 0.2) is 48.5 Å².